The molecule has 0 spiro atoms. The fraction of sp³-hybridized carbons (Fsp3) is 1.00. The highest BCUT2D eigenvalue weighted by Gasteiger charge is 2.31. The van der Waals surface area contributed by atoms with E-state index in [1.165, 1.54) is 25.7 Å². The van der Waals surface area contributed by atoms with E-state index in [1.807, 2.05) is 20.8 Å². The zero-order valence-electron chi connectivity index (χ0n) is 9.66. The molecule has 0 amide bonds. The lowest BCUT2D eigenvalue weighted by molar-refractivity contribution is -0.0533. The molecule has 2 N–H and O–H groups in total. The van der Waals surface area contributed by atoms with Gasteiger partial charge in [0.1, 0.15) is 0 Å². The van der Waals surface area contributed by atoms with Gasteiger partial charge in [-0.3, -0.25) is 0 Å². The highest BCUT2D eigenvalue weighted by atomic mass is 16.3. The molecule has 1 rings (SSSR count). The monoisotopic (exact) mass is 200 g/mol. The predicted octanol–water partition coefficient (Wildman–Crippen LogP) is 2.33. The maximum Gasteiger partial charge on any atom is 0.0847 e. The van der Waals surface area contributed by atoms with Gasteiger partial charge in [0.15, 0.2) is 0 Å². The van der Waals surface area contributed by atoms with Crippen molar-refractivity contribution in [3.05, 3.63) is 0 Å². The molecule has 0 aromatic rings. The van der Waals surface area contributed by atoms with Gasteiger partial charge in [0, 0.05) is 0 Å². The minimum absolute atomic E-state index is 0.210. The summed E-state index contributed by atoms with van der Waals surface area (Å²) < 4.78 is 0. The van der Waals surface area contributed by atoms with E-state index in [4.69, 9.17) is 0 Å². The van der Waals surface area contributed by atoms with E-state index in [9.17, 15) is 10.2 Å². The average molecular weight is 200 g/mol. The summed E-state index contributed by atoms with van der Waals surface area (Å²) in [6.07, 6.45) is 4.69. The number of aliphatic hydroxyl groups is 2. The third kappa shape index (κ3) is 3.25. The van der Waals surface area contributed by atoms with Gasteiger partial charge in [0.05, 0.1) is 12.2 Å². The Morgan fingerprint density at radius 2 is 1.64 bits per heavy atom. The minimum Gasteiger partial charge on any atom is -0.390 e. The number of rotatable bonds is 3. The highest BCUT2D eigenvalue weighted by molar-refractivity contribution is 4.82. The van der Waals surface area contributed by atoms with E-state index in [1.54, 1.807) is 0 Å². The van der Waals surface area contributed by atoms with Crippen molar-refractivity contribution >= 4 is 0 Å². The van der Waals surface area contributed by atoms with Gasteiger partial charge in [-0.05, 0) is 17.8 Å². The Morgan fingerprint density at radius 1 is 1.14 bits per heavy atom. The second-order valence-corrected chi connectivity index (χ2v) is 5.76. The molecule has 0 saturated heterocycles. The van der Waals surface area contributed by atoms with Crippen LogP contribution in [0.2, 0.25) is 0 Å². The summed E-state index contributed by atoms with van der Waals surface area (Å²) in [5.41, 5.74) is -0.210. The first-order valence-corrected chi connectivity index (χ1v) is 5.77. The second-order valence-electron chi connectivity index (χ2n) is 5.76. The van der Waals surface area contributed by atoms with Gasteiger partial charge in [-0.15, -0.1) is 0 Å². The van der Waals surface area contributed by atoms with Crippen LogP contribution in [0.15, 0.2) is 0 Å². The Labute approximate surface area is 87.3 Å². The second kappa shape index (κ2) is 4.63. The molecule has 0 radical (unpaired) electrons. The van der Waals surface area contributed by atoms with Crippen molar-refractivity contribution in [1.82, 2.24) is 0 Å². The van der Waals surface area contributed by atoms with E-state index in [0.29, 0.717) is 5.92 Å². The standard InChI is InChI=1S/C12H24O2/c1-12(2,3)11(14)10(13)8-9-6-4-5-7-9/h9-11,13-14H,4-8H2,1-3H3. The Morgan fingerprint density at radius 3 is 2.07 bits per heavy atom. The molecular formula is C12H24O2. The lowest BCUT2D eigenvalue weighted by Crippen LogP contribution is -2.38. The van der Waals surface area contributed by atoms with E-state index in [2.05, 4.69) is 0 Å². The number of aliphatic hydroxyl groups excluding tert-OH is 2. The summed E-state index contributed by atoms with van der Waals surface area (Å²) >= 11 is 0. The van der Waals surface area contributed by atoms with Crippen molar-refractivity contribution < 1.29 is 10.2 Å². The molecule has 0 aromatic carbocycles. The zero-order valence-corrected chi connectivity index (χ0v) is 9.66. The molecule has 2 heteroatoms. The van der Waals surface area contributed by atoms with Crippen molar-refractivity contribution in [3.63, 3.8) is 0 Å². The smallest absolute Gasteiger partial charge is 0.0847 e. The Balaban J connectivity index is 2.36. The molecule has 1 saturated carbocycles. The molecule has 2 nitrogen and oxygen atoms in total. The molecule has 1 fully saturated rings. The van der Waals surface area contributed by atoms with Gasteiger partial charge >= 0.3 is 0 Å². The molecule has 2 atom stereocenters. The summed E-state index contributed by atoms with van der Waals surface area (Å²) in [5, 5.41) is 19.7. The van der Waals surface area contributed by atoms with Crippen LogP contribution in [0.5, 0.6) is 0 Å². The fourth-order valence-corrected chi connectivity index (χ4v) is 2.29. The minimum atomic E-state index is -0.594. The van der Waals surface area contributed by atoms with Crippen LogP contribution < -0.4 is 0 Å². The van der Waals surface area contributed by atoms with Crippen molar-refractivity contribution in [2.75, 3.05) is 0 Å². The molecule has 0 bridgehead atoms. The van der Waals surface area contributed by atoms with Crippen LogP contribution in [0.4, 0.5) is 0 Å². The Bertz CT molecular complexity index is 166. The average Bonchev–Trinajstić information content (AvgIpc) is 2.53. The van der Waals surface area contributed by atoms with Crippen molar-refractivity contribution in [2.24, 2.45) is 11.3 Å². The molecule has 14 heavy (non-hydrogen) atoms. The topological polar surface area (TPSA) is 40.5 Å². The lowest BCUT2D eigenvalue weighted by atomic mass is 9.83. The van der Waals surface area contributed by atoms with Gasteiger partial charge < -0.3 is 10.2 Å². The maximum atomic E-state index is 9.86. The summed E-state index contributed by atoms with van der Waals surface area (Å²) in [5.74, 6) is 0.641. The summed E-state index contributed by atoms with van der Waals surface area (Å²) in [6, 6.07) is 0. The summed E-state index contributed by atoms with van der Waals surface area (Å²) in [7, 11) is 0. The summed E-state index contributed by atoms with van der Waals surface area (Å²) in [6.45, 7) is 5.90. The maximum absolute atomic E-state index is 9.86. The van der Waals surface area contributed by atoms with E-state index < -0.39 is 12.2 Å². The molecule has 0 aromatic heterocycles. The first-order valence-electron chi connectivity index (χ1n) is 5.77. The molecule has 1 aliphatic rings. The van der Waals surface area contributed by atoms with Crippen molar-refractivity contribution in [3.8, 4) is 0 Å². The van der Waals surface area contributed by atoms with Crippen molar-refractivity contribution in [1.29, 1.82) is 0 Å². The molecular weight excluding hydrogens is 176 g/mol. The number of hydrogen-bond acceptors (Lipinski definition) is 2. The van der Waals surface area contributed by atoms with E-state index in [-0.39, 0.29) is 5.41 Å². The van der Waals surface area contributed by atoms with Crippen LogP contribution in [0.3, 0.4) is 0 Å². The third-order valence-corrected chi connectivity index (χ3v) is 3.30. The van der Waals surface area contributed by atoms with Gasteiger partial charge in [0.25, 0.3) is 0 Å². The van der Waals surface area contributed by atoms with Gasteiger partial charge in [-0.1, -0.05) is 46.5 Å². The quantitative estimate of drug-likeness (QED) is 0.734. The van der Waals surface area contributed by atoms with Crippen LogP contribution in [-0.4, -0.2) is 22.4 Å². The van der Waals surface area contributed by atoms with Crippen molar-refractivity contribution in [2.45, 2.75) is 65.1 Å². The SMILES string of the molecule is CC(C)(C)C(O)C(O)CC1CCCC1. The van der Waals surface area contributed by atoms with Crippen LogP contribution >= 0.6 is 0 Å². The van der Waals surface area contributed by atoms with Crippen LogP contribution in [0.25, 0.3) is 0 Å². The van der Waals surface area contributed by atoms with Crippen LogP contribution in [-0.2, 0) is 0 Å². The number of hydrogen-bond donors (Lipinski definition) is 2. The molecule has 84 valence electrons. The molecule has 2 unspecified atom stereocenters. The zero-order chi connectivity index (χ0) is 10.8. The Kier molecular flexibility index (Phi) is 3.96. The van der Waals surface area contributed by atoms with Gasteiger partial charge in [-0.2, -0.15) is 0 Å². The predicted molar refractivity (Wildman–Crippen MR) is 58.0 cm³/mol. The van der Waals surface area contributed by atoms with E-state index >= 15 is 0 Å². The summed E-state index contributed by atoms with van der Waals surface area (Å²) in [4.78, 5) is 0. The third-order valence-electron chi connectivity index (χ3n) is 3.30. The lowest BCUT2D eigenvalue weighted by Gasteiger charge is -2.31. The molecule has 1 aliphatic carbocycles. The molecule has 0 aliphatic heterocycles. The molecule has 0 heterocycles. The Hall–Kier alpha value is -0.0800. The van der Waals surface area contributed by atoms with Crippen LogP contribution in [0.1, 0.15) is 52.9 Å². The van der Waals surface area contributed by atoms with Gasteiger partial charge in [-0.25, -0.2) is 0 Å². The fourth-order valence-electron chi connectivity index (χ4n) is 2.29. The van der Waals surface area contributed by atoms with Gasteiger partial charge in [0.2, 0.25) is 0 Å². The highest BCUT2D eigenvalue weighted by Crippen LogP contribution is 2.31. The first-order chi connectivity index (χ1) is 6.41. The van der Waals surface area contributed by atoms with E-state index in [0.717, 1.165) is 6.42 Å². The largest absolute Gasteiger partial charge is 0.390 e. The first kappa shape index (κ1) is 12.0. The normalized spacial score (nSPS) is 23.8. The van der Waals surface area contributed by atoms with Crippen LogP contribution in [0, 0.1) is 11.3 Å².